The van der Waals surface area contributed by atoms with Gasteiger partial charge < -0.3 is 9.47 Å². The quantitative estimate of drug-likeness (QED) is 0.123. The number of unbranched alkanes of at least 4 members (excludes halogenated alkanes) is 4. The van der Waals surface area contributed by atoms with Gasteiger partial charge in [0.25, 0.3) is 0 Å². The van der Waals surface area contributed by atoms with Gasteiger partial charge in [-0.15, -0.1) is 13.2 Å². The van der Waals surface area contributed by atoms with Crippen LogP contribution in [0, 0.1) is 23.3 Å². The number of alkyl halides is 3. The van der Waals surface area contributed by atoms with Crippen LogP contribution in [0.3, 0.4) is 0 Å². The molecule has 0 aromatic heterocycles. The van der Waals surface area contributed by atoms with Gasteiger partial charge >= 0.3 is 6.36 Å². The number of halogens is 7. The summed E-state index contributed by atoms with van der Waals surface area (Å²) in [7, 11) is 0. The zero-order valence-electron chi connectivity index (χ0n) is 22.4. The summed E-state index contributed by atoms with van der Waals surface area (Å²) in [5.41, 5.74) is 0.658. The summed E-state index contributed by atoms with van der Waals surface area (Å²) < 4.78 is 105. The van der Waals surface area contributed by atoms with Crippen molar-refractivity contribution in [3.8, 4) is 22.6 Å². The maximum absolute atomic E-state index is 15.3. The van der Waals surface area contributed by atoms with E-state index in [1.54, 1.807) is 6.07 Å². The number of hydrogen-bond acceptors (Lipinski definition) is 2. The van der Waals surface area contributed by atoms with E-state index in [4.69, 9.17) is 4.74 Å². The van der Waals surface area contributed by atoms with E-state index in [-0.39, 0.29) is 35.1 Å². The molecule has 4 aromatic rings. The Bertz CT molecular complexity index is 1470. The molecule has 0 aliphatic rings. The standard InChI is InChI=1S/C32H29F7O2/c1-2-3-4-5-6-15-40-24-18-27(34)30(28(35)19-24)23-12-13-25-22(17-23)11-10-21(31(25)36)9-7-20-8-14-29(26(33)16-20)41-32(37,38)39/h8,10-14,16-19H,2-7,9,15H2,1H3. The number of benzene rings is 4. The molecule has 0 amide bonds. The highest BCUT2D eigenvalue weighted by Gasteiger charge is 2.32. The van der Waals surface area contributed by atoms with E-state index in [0.717, 1.165) is 56.4 Å². The molecule has 0 fully saturated rings. The van der Waals surface area contributed by atoms with Crippen molar-refractivity contribution >= 4 is 10.8 Å². The van der Waals surface area contributed by atoms with Crippen molar-refractivity contribution in [3.05, 3.63) is 95.1 Å². The van der Waals surface area contributed by atoms with Crippen molar-refractivity contribution < 1.29 is 40.2 Å². The number of aryl methyl sites for hydroxylation is 2. The van der Waals surface area contributed by atoms with E-state index in [1.165, 1.54) is 30.3 Å². The summed E-state index contributed by atoms with van der Waals surface area (Å²) in [5, 5.41) is 0.657. The zero-order chi connectivity index (χ0) is 29.6. The molecular weight excluding hydrogens is 549 g/mol. The first-order chi connectivity index (χ1) is 19.6. The van der Waals surface area contributed by atoms with Gasteiger partial charge in [-0.05, 0) is 59.5 Å². The van der Waals surface area contributed by atoms with Gasteiger partial charge in [0.05, 0.1) is 12.2 Å². The van der Waals surface area contributed by atoms with Gasteiger partial charge in [-0.3, -0.25) is 0 Å². The van der Waals surface area contributed by atoms with Crippen molar-refractivity contribution in [3.63, 3.8) is 0 Å². The molecule has 2 nitrogen and oxygen atoms in total. The SMILES string of the molecule is CCCCCCCOc1cc(F)c(-c2ccc3c(F)c(CCc4ccc(OC(F)(F)F)c(F)c4)ccc3c2)c(F)c1. The van der Waals surface area contributed by atoms with Crippen LogP contribution in [0.1, 0.15) is 50.2 Å². The first-order valence-corrected chi connectivity index (χ1v) is 13.4. The fourth-order valence-corrected chi connectivity index (χ4v) is 4.68. The topological polar surface area (TPSA) is 18.5 Å². The van der Waals surface area contributed by atoms with Gasteiger partial charge in [0, 0.05) is 17.5 Å². The maximum Gasteiger partial charge on any atom is 0.573 e. The van der Waals surface area contributed by atoms with Crippen LogP contribution in [-0.4, -0.2) is 13.0 Å². The summed E-state index contributed by atoms with van der Waals surface area (Å²) >= 11 is 0. The van der Waals surface area contributed by atoms with E-state index in [9.17, 15) is 26.3 Å². The molecule has 4 rings (SSSR count). The molecule has 0 saturated carbocycles. The van der Waals surface area contributed by atoms with Crippen LogP contribution in [0.25, 0.3) is 21.9 Å². The van der Waals surface area contributed by atoms with Crippen molar-refractivity contribution in [2.24, 2.45) is 0 Å². The summed E-state index contributed by atoms with van der Waals surface area (Å²) in [6.07, 6.45) is 0.412. The van der Waals surface area contributed by atoms with Crippen LogP contribution in [0.2, 0.25) is 0 Å². The number of rotatable bonds is 12. The first-order valence-electron chi connectivity index (χ1n) is 13.4. The Morgan fingerprint density at radius 1 is 0.707 bits per heavy atom. The monoisotopic (exact) mass is 578 g/mol. The number of fused-ring (bicyclic) bond motifs is 1. The molecule has 0 N–H and O–H groups in total. The van der Waals surface area contributed by atoms with Gasteiger partial charge in [0.2, 0.25) is 0 Å². The minimum atomic E-state index is -5.01. The average Bonchev–Trinajstić information content (AvgIpc) is 2.90. The molecule has 0 aliphatic carbocycles. The van der Waals surface area contributed by atoms with E-state index in [0.29, 0.717) is 23.1 Å². The third kappa shape index (κ3) is 7.93. The zero-order valence-corrected chi connectivity index (χ0v) is 22.4. The average molecular weight is 579 g/mol. The highest BCUT2D eigenvalue weighted by Crippen LogP contribution is 2.33. The molecule has 0 bridgehead atoms. The van der Waals surface area contributed by atoms with Crippen LogP contribution < -0.4 is 9.47 Å². The summed E-state index contributed by atoms with van der Waals surface area (Å²) in [5.74, 6) is -4.13. The lowest BCUT2D eigenvalue weighted by Crippen LogP contribution is -2.18. The minimum absolute atomic E-state index is 0.109. The summed E-state index contributed by atoms with van der Waals surface area (Å²) in [6.45, 7) is 2.48. The fourth-order valence-electron chi connectivity index (χ4n) is 4.68. The summed E-state index contributed by atoms with van der Waals surface area (Å²) in [6, 6.07) is 12.8. The van der Waals surface area contributed by atoms with Crippen LogP contribution in [0.5, 0.6) is 11.5 Å². The highest BCUT2D eigenvalue weighted by atomic mass is 19.4. The molecule has 0 atom stereocenters. The van der Waals surface area contributed by atoms with Crippen molar-refractivity contribution in [1.82, 2.24) is 0 Å². The molecule has 0 unspecified atom stereocenters. The second kappa shape index (κ2) is 13.3. The molecule has 0 spiro atoms. The molecule has 0 aliphatic heterocycles. The predicted molar refractivity (Wildman–Crippen MR) is 144 cm³/mol. The van der Waals surface area contributed by atoms with E-state index >= 15 is 4.39 Å². The van der Waals surface area contributed by atoms with Gasteiger partial charge in [-0.1, -0.05) is 62.9 Å². The molecule has 0 saturated heterocycles. The van der Waals surface area contributed by atoms with Gasteiger partial charge in [0.15, 0.2) is 11.6 Å². The largest absolute Gasteiger partial charge is 0.573 e. The smallest absolute Gasteiger partial charge is 0.493 e. The predicted octanol–water partition coefficient (Wildman–Crippen LogP) is 10.1. The van der Waals surface area contributed by atoms with Crippen LogP contribution in [0.4, 0.5) is 30.7 Å². The van der Waals surface area contributed by atoms with Gasteiger partial charge in [0.1, 0.15) is 23.2 Å². The Balaban J connectivity index is 1.46. The second-order valence-electron chi connectivity index (χ2n) is 9.81. The number of ether oxygens (including phenoxy) is 2. The van der Waals surface area contributed by atoms with Gasteiger partial charge in [-0.2, -0.15) is 0 Å². The Hall–Kier alpha value is -3.75. The second-order valence-corrected chi connectivity index (χ2v) is 9.81. The molecule has 41 heavy (non-hydrogen) atoms. The molecule has 0 heterocycles. The third-order valence-corrected chi connectivity index (χ3v) is 6.76. The minimum Gasteiger partial charge on any atom is -0.493 e. The lowest BCUT2D eigenvalue weighted by atomic mass is 9.96. The van der Waals surface area contributed by atoms with Crippen molar-refractivity contribution in [2.45, 2.75) is 58.2 Å². The van der Waals surface area contributed by atoms with E-state index in [2.05, 4.69) is 11.7 Å². The van der Waals surface area contributed by atoms with Crippen molar-refractivity contribution in [1.29, 1.82) is 0 Å². The molecule has 9 heteroatoms. The molecule has 0 radical (unpaired) electrons. The molecular formula is C32H29F7O2. The lowest BCUT2D eigenvalue weighted by molar-refractivity contribution is -0.275. The number of hydrogen-bond donors (Lipinski definition) is 0. The van der Waals surface area contributed by atoms with E-state index in [1.807, 2.05) is 0 Å². The van der Waals surface area contributed by atoms with Gasteiger partial charge in [-0.25, -0.2) is 17.6 Å². The maximum atomic E-state index is 15.3. The van der Waals surface area contributed by atoms with Crippen LogP contribution in [0.15, 0.2) is 60.7 Å². The normalized spacial score (nSPS) is 11.7. The Kier molecular flexibility index (Phi) is 9.78. The van der Waals surface area contributed by atoms with E-state index < -0.39 is 35.4 Å². The highest BCUT2D eigenvalue weighted by molar-refractivity contribution is 5.88. The van der Waals surface area contributed by atoms with Crippen LogP contribution in [-0.2, 0) is 12.8 Å². The molecule has 4 aromatic carbocycles. The third-order valence-electron chi connectivity index (χ3n) is 6.76. The van der Waals surface area contributed by atoms with Crippen LogP contribution >= 0.6 is 0 Å². The fraction of sp³-hybridized carbons (Fsp3) is 0.312. The first kappa shape index (κ1) is 30.2. The lowest BCUT2D eigenvalue weighted by Gasteiger charge is -2.12. The molecule has 218 valence electrons. The summed E-state index contributed by atoms with van der Waals surface area (Å²) in [4.78, 5) is 0. The van der Waals surface area contributed by atoms with Crippen molar-refractivity contribution in [2.75, 3.05) is 6.61 Å². The Morgan fingerprint density at radius 3 is 2.12 bits per heavy atom. The Morgan fingerprint density at radius 2 is 1.44 bits per heavy atom. The Labute approximate surface area is 233 Å².